The van der Waals surface area contributed by atoms with Gasteiger partial charge in [-0.25, -0.2) is 14.4 Å². The zero-order chi connectivity index (χ0) is 61.1. The number of aryl methyl sites for hydroxylation is 7. The van der Waals surface area contributed by atoms with Crippen molar-refractivity contribution in [2.75, 3.05) is 20.3 Å². The van der Waals surface area contributed by atoms with E-state index in [4.69, 9.17) is 13.6 Å². The molecule has 3 atom stereocenters. The SMILES string of the molecule is CCOP(=O)(Cc1cc(-c2ccc(C)cc2)sc1C(=O)O)c1ccc(C)cc1C.CCOP(=O)(Cc1cc(-c2ccccc2)sc1C(=O)O)c1ccc(C)cc1C.COP(=O)(Cc1cc(-c2ccccc2)sc1C(=O)O)c1ccc(C)cc1C. The van der Waals surface area contributed by atoms with E-state index < -0.39 is 40.0 Å². The van der Waals surface area contributed by atoms with E-state index in [1.165, 1.54) is 41.1 Å². The molecule has 3 N–H and O–H groups in total. The van der Waals surface area contributed by atoms with Gasteiger partial charge >= 0.3 is 17.9 Å². The highest BCUT2D eigenvalue weighted by Crippen LogP contribution is 2.54. The summed E-state index contributed by atoms with van der Waals surface area (Å²) in [5.41, 5.74) is 11.5. The van der Waals surface area contributed by atoms with Crippen LogP contribution in [0.5, 0.6) is 0 Å². The predicted molar refractivity (Wildman–Crippen MR) is 346 cm³/mol. The fraction of sp³-hybridized carbons (Fsp3) is 0.227. The van der Waals surface area contributed by atoms with Gasteiger partial charge in [0.05, 0.1) is 31.7 Å². The minimum absolute atomic E-state index is 0.0539. The van der Waals surface area contributed by atoms with Crippen molar-refractivity contribution in [2.24, 2.45) is 0 Å². The lowest BCUT2D eigenvalue weighted by Gasteiger charge is -2.20. The Hall–Kier alpha value is -6.60. The van der Waals surface area contributed by atoms with Crippen LogP contribution in [0.2, 0.25) is 0 Å². The average molecular weight is 1240 g/mol. The molecule has 0 aliphatic carbocycles. The smallest absolute Gasteiger partial charge is 0.346 e. The summed E-state index contributed by atoms with van der Waals surface area (Å²) in [6.45, 7) is 17.9. The largest absolute Gasteiger partial charge is 0.477 e. The molecule has 3 heterocycles. The maximum absolute atomic E-state index is 13.9. The van der Waals surface area contributed by atoms with Crippen molar-refractivity contribution in [3.05, 3.63) is 228 Å². The highest BCUT2D eigenvalue weighted by atomic mass is 32.1. The van der Waals surface area contributed by atoms with E-state index in [1.54, 1.807) is 13.8 Å². The van der Waals surface area contributed by atoms with Gasteiger partial charge in [-0.3, -0.25) is 13.7 Å². The van der Waals surface area contributed by atoms with Gasteiger partial charge < -0.3 is 28.9 Å². The number of aromatic carboxylic acids is 3. The lowest BCUT2D eigenvalue weighted by molar-refractivity contribution is 0.0690. The van der Waals surface area contributed by atoms with Crippen LogP contribution in [0.15, 0.2) is 158 Å². The van der Waals surface area contributed by atoms with E-state index in [1.807, 2.05) is 206 Å². The van der Waals surface area contributed by atoms with Crippen LogP contribution < -0.4 is 15.9 Å². The van der Waals surface area contributed by atoms with E-state index in [0.29, 0.717) is 45.8 Å². The molecule has 0 saturated carbocycles. The molecule has 0 fully saturated rings. The molecule has 9 aromatic rings. The zero-order valence-corrected chi connectivity index (χ0v) is 53.8. The molecule has 84 heavy (non-hydrogen) atoms. The number of carboxylic acid groups (broad SMARTS) is 3. The molecule has 0 radical (unpaired) electrons. The molecule has 0 aliphatic rings. The molecular weight excluding hydrogens is 1170 g/mol. The van der Waals surface area contributed by atoms with Gasteiger partial charge in [-0.1, -0.05) is 144 Å². The summed E-state index contributed by atoms with van der Waals surface area (Å²) in [4.78, 5) is 38.7. The van der Waals surface area contributed by atoms with Gasteiger partial charge in [0.15, 0.2) is 0 Å². The molecule has 3 aromatic heterocycles. The Morgan fingerprint density at radius 1 is 0.393 bits per heavy atom. The lowest BCUT2D eigenvalue weighted by atomic mass is 10.1. The first-order valence-electron chi connectivity index (χ1n) is 27.0. The van der Waals surface area contributed by atoms with Crippen LogP contribution in [0.3, 0.4) is 0 Å². The van der Waals surface area contributed by atoms with Gasteiger partial charge in [0.2, 0.25) is 22.1 Å². The van der Waals surface area contributed by atoms with Crippen LogP contribution in [0.4, 0.5) is 0 Å². The Balaban J connectivity index is 0.000000181. The standard InChI is InChI=1S/C23H25O4PS.C22H23O4PS.C21H21O4PS/c1-5-27-28(26,20-11-8-16(3)12-17(20)4)14-19-13-21(29-22(19)23(24)25)18-9-6-15(2)7-10-18;1-4-26-27(25,19-11-10-15(2)12-16(19)3)14-18-13-20(28-21(18)22(23)24)17-8-6-5-7-9-17;1-14-9-10-18(15(2)11-14)26(24,25-3)13-17-12-19(27-20(17)21(22)23)16-7-5-4-6-8-16/h6-13H,5,14H2,1-4H3,(H,24,25);5-13H,4,14H2,1-3H3,(H,23,24);4-12H,13H2,1-3H3,(H,22,23). The van der Waals surface area contributed by atoms with Crippen molar-refractivity contribution in [1.29, 1.82) is 0 Å². The van der Waals surface area contributed by atoms with Gasteiger partial charge in [0, 0.05) is 37.7 Å². The Bertz CT molecular complexity index is 3960. The highest BCUT2D eigenvalue weighted by Gasteiger charge is 2.34. The van der Waals surface area contributed by atoms with Crippen LogP contribution in [0, 0.1) is 48.5 Å². The van der Waals surface area contributed by atoms with Crippen molar-refractivity contribution in [3.8, 4) is 31.3 Å². The summed E-state index contributed by atoms with van der Waals surface area (Å²) in [7, 11) is -8.32. The molecule has 12 nitrogen and oxygen atoms in total. The van der Waals surface area contributed by atoms with Crippen LogP contribution in [0.1, 0.15) is 98.5 Å². The molecule has 0 bridgehead atoms. The van der Waals surface area contributed by atoms with Crippen molar-refractivity contribution >= 4 is 89.9 Å². The highest BCUT2D eigenvalue weighted by molar-refractivity contribution is 7.67. The third-order valence-electron chi connectivity index (χ3n) is 13.7. The molecule has 9 rings (SSSR count). The summed E-state index contributed by atoms with van der Waals surface area (Å²) in [6, 6.07) is 49.8. The number of rotatable bonds is 20. The van der Waals surface area contributed by atoms with Crippen LogP contribution in [-0.2, 0) is 45.8 Å². The van der Waals surface area contributed by atoms with Crippen molar-refractivity contribution in [1.82, 2.24) is 0 Å². The fourth-order valence-corrected chi connectivity index (χ4v) is 20.2. The molecule has 0 amide bonds. The second-order valence-corrected chi connectivity index (χ2v) is 30.8. The van der Waals surface area contributed by atoms with Gasteiger partial charge in [0.25, 0.3) is 0 Å². The Morgan fingerprint density at radius 2 is 0.679 bits per heavy atom. The van der Waals surface area contributed by atoms with E-state index in [9.17, 15) is 43.4 Å². The number of benzene rings is 6. The lowest BCUT2D eigenvalue weighted by Crippen LogP contribution is -2.14. The maximum atomic E-state index is 13.9. The molecule has 3 unspecified atom stereocenters. The van der Waals surface area contributed by atoms with Crippen molar-refractivity contribution in [3.63, 3.8) is 0 Å². The van der Waals surface area contributed by atoms with Crippen LogP contribution in [0.25, 0.3) is 31.3 Å². The molecular formula is C66H69O12P3S3. The average Bonchev–Trinajstić information content (AvgIpc) is 2.68. The summed E-state index contributed by atoms with van der Waals surface area (Å²) >= 11 is 3.61. The molecule has 6 aromatic carbocycles. The molecule has 438 valence electrons. The van der Waals surface area contributed by atoms with Crippen molar-refractivity contribution in [2.45, 2.75) is 80.8 Å². The second kappa shape index (κ2) is 28.5. The third kappa shape index (κ3) is 15.8. The van der Waals surface area contributed by atoms with E-state index in [2.05, 4.69) is 0 Å². The zero-order valence-electron chi connectivity index (χ0n) is 48.6. The summed E-state index contributed by atoms with van der Waals surface area (Å²) in [5.74, 6) is -3.03. The summed E-state index contributed by atoms with van der Waals surface area (Å²) < 4.78 is 58.3. The van der Waals surface area contributed by atoms with Gasteiger partial charge in [-0.2, -0.15) is 0 Å². The minimum atomic E-state index is -3.26. The number of carbonyl (C=O) groups is 3. The van der Waals surface area contributed by atoms with Gasteiger partial charge in [0.1, 0.15) is 14.6 Å². The number of hydrogen-bond donors (Lipinski definition) is 3. The molecule has 0 spiro atoms. The number of carboxylic acids is 3. The minimum Gasteiger partial charge on any atom is -0.477 e. The number of hydrogen-bond acceptors (Lipinski definition) is 12. The van der Waals surface area contributed by atoms with Crippen LogP contribution >= 0.6 is 56.1 Å². The molecule has 18 heteroatoms. The van der Waals surface area contributed by atoms with E-state index in [0.717, 1.165) is 70.3 Å². The van der Waals surface area contributed by atoms with Crippen molar-refractivity contribution < 1.29 is 57.0 Å². The maximum Gasteiger partial charge on any atom is 0.346 e. The third-order valence-corrected chi connectivity index (χ3v) is 25.3. The van der Waals surface area contributed by atoms with E-state index >= 15 is 0 Å². The predicted octanol–water partition coefficient (Wildman–Crippen LogP) is 17.5. The normalized spacial score (nSPS) is 13.3. The first kappa shape index (κ1) is 65.0. The monoisotopic (exact) mass is 1240 g/mol. The summed E-state index contributed by atoms with van der Waals surface area (Å²) in [6.07, 6.45) is 0.183. The van der Waals surface area contributed by atoms with E-state index in [-0.39, 0.29) is 33.1 Å². The Morgan fingerprint density at radius 3 is 0.964 bits per heavy atom. The first-order chi connectivity index (χ1) is 39.9. The fourth-order valence-electron chi connectivity index (χ4n) is 9.83. The Labute approximate surface area is 504 Å². The Kier molecular flexibility index (Phi) is 22.1. The molecule has 0 saturated heterocycles. The quantitative estimate of drug-likeness (QED) is 0.0613. The topological polar surface area (TPSA) is 191 Å². The summed E-state index contributed by atoms with van der Waals surface area (Å²) in [5, 5.41) is 31.0. The molecule has 0 aliphatic heterocycles. The number of thiophene rings is 3. The van der Waals surface area contributed by atoms with Crippen LogP contribution in [-0.4, -0.2) is 53.6 Å². The second-order valence-electron chi connectivity index (χ2n) is 20.3. The first-order valence-corrected chi connectivity index (χ1v) is 34.9. The van der Waals surface area contributed by atoms with Gasteiger partial charge in [-0.15, -0.1) is 34.0 Å². The van der Waals surface area contributed by atoms with Gasteiger partial charge in [-0.05, 0) is 149 Å².